The van der Waals surface area contributed by atoms with Crippen molar-refractivity contribution in [3.05, 3.63) is 42.5 Å². The zero-order chi connectivity index (χ0) is 12.0. The van der Waals surface area contributed by atoms with Crippen molar-refractivity contribution in [2.45, 2.75) is 17.3 Å². The third-order valence-corrected chi connectivity index (χ3v) is 7.61. The Hall–Kier alpha value is -1.22. The van der Waals surface area contributed by atoms with Crippen LogP contribution in [-0.2, 0) is 0 Å². The molecule has 17 heavy (non-hydrogen) atoms. The predicted octanol–water partition coefficient (Wildman–Crippen LogP) is 3.87. The summed E-state index contributed by atoms with van der Waals surface area (Å²) in [6.07, 6.45) is 0. The topological polar surface area (TPSA) is 15.8 Å². The molecule has 2 heteroatoms. The molecule has 86 valence electrons. The molecule has 0 radical (unpaired) electrons. The van der Waals surface area contributed by atoms with Gasteiger partial charge in [0.15, 0.2) is 0 Å². The third-order valence-electron chi connectivity index (χ3n) is 3.35. The van der Waals surface area contributed by atoms with Gasteiger partial charge in [0, 0.05) is 0 Å². The summed E-state index contributed by atoms with van der Waals surface area (Å²) in [7, 11) is 0. The van der Waals surface area contributed by atoms with Gasteiger partial charge in [-0.25, -0.2) is 0 Å². The molecule has 0 unspecified atom stereocenters. The Kier molecular flexibility index (Phi) is 2.33. The van der Waals surface area contributed by atoms with Crippen molar-refractivity contribution in [1.29, 1.82) is 0 Å². The van der Waals surface area contributed by atoms with Crippen molar-refractivity contribution < 1.29 is 0 Å². The summed E-state index contributed by atoms with van der Waals surface area (Å²) in [4.78, 5) is 3.60. The fourth-order valence-corrected chi connectivity index (χ4v) is 5.74. The molecule has 1 heterocycles. The summed E-state index contributed by atoms with van der Waals surface area (Å²) in [5.74, 6) is 7.33. The fraction of sp³-hybridized carbons (Fsp3) is 0.200. The van der Waals surface area contributed by atoms with E-state index in [4.69, 9.17) is 0 Å². The fourth-order valence-electron chi connectivity index (χ4n) is 2.50. The van der Waals surface area contributed by atoms with E-state index < -0.39 is 13.3 Å². The molecule has 1 aromatic heterocycles. The van der Waals surface area contributed by atoms with Gasteiger partial charge in [0.25, 0.3) is 0 Å². The Morgan fingerprint density at radius 1 is 0.824 bits per heavy atom. The first kappa shape index (κ1) is 10.9. The molecule has 0 aliphatic heterocycles. The molecule has 0 aliphatic rings. The van der Waals surface area contributed by atoms with E-state index >= 15 is 0 Å². The molecule has 3 rings (SSSR count). The normalized spacial score (nSPS) is 12.4. The van der Waals surface area contributed by atoms with Gasteiger partial charge in [-0.3, -0.25) is 0 Å². The summed E-state index contributed by atoms with van der Waals surface area (Å²) >= 11 is -1.80. The molecule has 1 nitrogen and oxygen atoms in total. The molecule has 0 spiro atoms. The zero-order valence-corrected chi connectivity index (χ0v) is 12.6. The summed E-state index contributed by atoms with van der Waals surface area (Å²) < 4.78 is 1.57. The van der Waals surface area contributed by atoms with Crippen molar-refractivity contribution in [3.8, 4) is 0 Å². The third kappa shape index (κ3) is 1.69. The minimum atomic E-state index is -1.80. The van der Waals surface area contributed by atoms with E-state index in [2.05, 4.69) is 64.7 Å². The van der Waals surface area contributed by atoms with Gasteiger partial charge in [0.1, 0.15) is 0 Å². The van der Waals surface area contributed by atoms with E-state index in [0.29, 0.717) is 0 Å². The van der Waals surface area contributed by atoms with Gasteiger partial charge in [-0.2, -0.15) is 0 Å². The van der Waals surface area contributed by atoms with Crippen LogP contribution in [0, 0.1) is 0 Å². The molecule has 0 bridgehead atoms. The second kappa shape index (κ2) is 3.64. The van der Waals surface area contributed by atoms with Crippen LogP contribution in [0.4, 0.5) is 0 Å². The Morgan fingerprint density at radius 3 is 2.29 bits per heavy atom. The molecular formula is C15H17GeN. The van der Waals surface area contributed by atoms with Crippen LogP contribution in [-0.4, -0.2) is 18.3 Å². The van der Waals surface area contributed by atoms with E-state index in [1.807, 2.05) is 0 Å². The molecule has 0 fully saturated rings. The number of rotatable bonds is 1. The number of hydrogen-bond donors (Lipinski definition) is 1. The molecular weight excluding hydrogens is 267 g/mol. The maximum atomic E-state index is 3.60. The quantitative estimate of drug-likeness (QED) is 0.653. The number of aromatic amines is 1. The van der Waals surface area contributed by atoms with E-state index in [1.54, 1.807) is 4.40 Å². The Labute approximate surface area is 104 Å². The number of hydrogen-bond acceptors (Lipinski definition) is 0. The molecule has 1 N–H and O–H groups in total. The van der Waals surface area contributed by atoms with Crippen molar-refractivity contribution >= 4 is 39.5 Å². The Morgan fingerprint density at radius 2 is 1.53 bits per heavy atom. The molecule has 0 atom stereocenters. The van der Waals surface area contributed by atoms with Gasteiger partial charge in [-0.05, 0) is 0 Å². The number of benzene rings is 2. The molecule has 0 saturated carbocycles. The number of para-hydroxylation sites is 2. The summed E-state index contributed by atoms with van der Waals surface area (Å²) in [5, 5.41) is 2.72. The van der Waals surface area contributed by atoms with Crippen LogP contribution in [0.25, 0.3) is 21.8 Å². The molecule has 0 aliphatic carbocycles. The van der Waals surface area contributed by atoms with Gasteiger partial charge < -0.3 is 0 Å². The van der Waals surface area contributed by atoms with Gasteiger partial charge >= 0.3 is 104 Å². The van der Waals surface area contributed by atoms with Crippen LogP contribution in [0.5, 0.6) is 0 Å². The number of H-pyrrole nitrogens is 1. The summed E-state index contributed by atoms with van der Waals surface area (Å²) in [6.45, 7) is 0. The van der Waals surface area contributed by atoms with Crippen LogP contribution in [0.3, 0.4) is 0 Å². The van der Waals surface area contributed by atoms with Crippen molar-refractivity contribution in [1.82, 2.24) is 4.98 Å². The molecule has 3 aromatic rings. The van der Waals surface area contributed by atoms with Crippen LogP contribution in [0.2, 0.25) is 17.3 Å². The average molecular weight is 284 g/mol. The predicted molar refractivity (Wildman–Crippen MR) is 78.8 cm³/mol. The standard InChI is InChI=1S/C15H17GeN/c1-16(2,3)13-9-6-8-12-11-7-4-5-10-14(11)17-15(12)13/h4-10,17H,1-3H3. The Bertz CT molecular complexity index is 689. The van der Waals surface area contributed by atoms with Crippen LogP contribution < -0.4 is 4.40 Å². The molecule has 2 aromatic carbocycles. The van der Waals surface area contributed by atoms with Crippen LogP contribution in [0.15, 0.2) is 42.5 Å². The molecule has 0 amide bonds. The van der Waals surface area contributed by atoms with E-state index in [1.165, 1.54) is 21.8 Å². The van der Waals surface area contributed by atoms with Gasteiger partial charge in [-0.15, -0.1) is 0 Å². The van der Waals surface area contributed by atoms with Gasteiger partial charge in [0.2, 0.25) is 0 Å². The van der Waals surface area contributed by atoms with Crippen molar-refractivity contribution in [2.75, 3.05) is 0 Å². The number of nitrogens with one attached hydrogen (secondary N) is 1. The monoisotopic (exact) mass is 285 g/mol. The van der Waals surface area contributed by atoms with Gasteiger partial charge in [0.05, 0.1) is 0 Å². The van der Waals surface area contributed by atoms with Crippen LogP contribution >= 0.6 is 0 Å². The molecule has 0 saturated heterocycles. The van der Waals surface area contributed by atoms with E-state index in [9.17, 15) is 0 Å². The first-order valence-electron chi connectivity index (χ1n) is 6.07. The average Bonchev–Trinajstić information content (AvgIpc) is 2.65. The van der Waals surface area contributed by atoms with Crippen molar-refractivity contribution in [2.24, 2.45) is 0 Å². The SMILES string of the molecule is [CH3][Ge]([CH3])([CH3])[c]1cccc2c1[nH]c1ccccc12. The minimum absolute atomic E-state index is 1.25. The van der Waals surface area contributed by atoms with E-state index in [-0.39, 0.29) is 0 Å². The maximum absolute atomic E-state index is 3.60. The second-order valence-corrected chi connectivity index (χ2v) is 16.2. The van der Waals surface area contributed by atoms with E-state index in [0.717, 1.165) is 0 Å². The van der Waals surface area contributed by atoms with Gasteiger partial charge in [-0.1, -0.05) is 0 Å². The first-order chi connectivity index (χ1) is 8.07. The van der Waals surface area contributed by atoms with Crippen LogP contribution in [0.1, 0.15) is 0 Å². The first-order valence-corrected chi connectivity index (χ1v) is 13.4. The number of aromatic nitrogens is 1. The summed E-state index contributed by atoms with van der Waals surface area (Å²) in [6, 6.07) is 15.3. The Balaban J connectivity index is 2.48. The number of fused-ring (bicyclic) bond motifs is 3. The zero-order valence-electron chi connectivity index (χ0n) is 10.5. The van der Waals surface area contributed by atoms with Crippen molar-refractivity contribution in [3.63, 3.8) is 0 Å². The second-order valence-electron chi connectivity index (χ2n) is 5.65. The summed E-state index contributed by atoms with van der Waals surface area (Å²) in [5.41, 5.74) is 2.61.